The van der Waals surface area contributed by atoms with Crippen molar-refractivity contribution in [2.75, 3.05) is 37.3 Å². The van der Waals surface area contributed by atoms with Crippen LogP contribution in [0.2, 0.25) is 0 Å². The number of anilines is 1. The van der Waals surface area contributed by atoms with Crippen LogP contribution >= 0.6 is 24.0 Å². The number of halogens is 2. The van der Waals surface area contributed by atoms with E-state index >= 15 is 0 Å². The highest BCUT2D eigenvalue weighted by molar-refractivity contribution is 14.0. The van der Waals surface area contributed by atoms with E-state index in [1.807, 2.05) is 6.07 Å². The van der Waals surface area contributed by atoms with Crippen molar-refractivity contribution in [1.82, 2.24) is 10.6 Å². The molecule has 0 spiro atoms. The molecule has 1 aliphatic rings. The van der Waals surface area contributed by atoms with Gasteiger partial charge in [0.1, 0.15) is 5.82 Å². The molecule has 2 N–H and O–H groups in total. The number of rotatable bonds is 5. The Morgan fingerprint density at radius 3 is 2.68 bits per heavy atom. The fraction of sp³-hybridized carbons (Fsp3) is 0.632. The van der Waals surface area contributed by atoms with Crippen molar-refractivity contribution in [3.05, 3.63) is 30.1 Å². The molecular weight excluding hydrogens is 494 g/mol. The number of hydrogen-bond acceptors (Lipinski definition) is 4. The molecule has 2 rings (SSSR count). The molecule has 9 heteroatoms. The van der Waals surface area contributed by atoms with E-state index in [0.29, 0.717) is 12.5 Å². The molecule has 1 aliphatic heterocycles. The van der Waals surface area contributed by atoms with E-state index in [1.54, 1.807) is 40.0 Å². The number of guanidine groups is 1. The van der Waals surface area contributed by atoms with Crippen LogP contribution in [-0.4, -0.2) is 57.6 Å². The Morgan fingerprint density at radius 2 is 2.07 bits per heavy atom. The van der Waals surface area contributed by atoms with Crippen molar-refractivity contribution in [2.24, 2.45) is 4.99 Å². The van der Waals surface area contributed by atoms with Crippen molar-refractivity contribution in [3.8, 4) is 0 Å². The Balaban J connectivity index is 0.00000392. The van der Waals surface area contributed by atoms with Crippen LogP contribution in [0.1, 0.15) is 33.6 Å². The largest absolute Gasteiger partial charge is 0.369 e. The molecule has 0 radical (unpaired) electrons. The minimum atomic E-state index is -3.17. The monoisotopic (exact) mass is 526 g/mol. The minimum Gasteiger partial charge on any atom is -0.369 e. The lowest BCUT2D eigenvalue weighted by Gasteiger charge is -2.35. The van der Waals surface area contributed by atoms with Crippen LogP contribution in [-0.2, 0) is 9.84 Å². The lowest BCUT2D eigenvalue weighted by atomic mass is 10.0. The summed E-state index contributed by atoms with van der Waals surface area (Å²) in [5, 5.41) is 6.44. The van der Waals surface area contributed by atoms with Gasteiger partial charge in [-0.25, -0.2) is 12.8 Å². The summed E-state index contributed by atoms with van der Waals surface area (Å²) in [6.07, 6.45) is 1.97. The molecule has 1 atom stereocenters. The van der Waals surface area contributed by atoms with Crippen LogP contribution in [0.3, 0.4) is 0 Å². The first-order chi connectivity index (χ1) is 12.6. The van der Waals surface area contributed by atoms with Crippen LogP contribution in [0.5, 0.6) is 0 Å². The van der Waals surface area contributed by atoms with Crippen LogP contribution in [0.15, 0.2) is 29.3 Å². The van der Waals surface area contributed by atoms with Crippen LogP contribution in [0.25, 0.3) is 0 Å². The molecule has 0 amide bonds. The van der Waals surface area contributed by atoms with E-state index in [2.05, 4.69) is 20.5 Å². The molecule has 1 heterocycles. The summed E-state index contributed by atoms with van der Waals surface area (Å²) in [6.45, 7) is 7.05. The van der Waals surface area contributed by atoms with Crippen LogP contribution < -0.4 is 15.5 Å². The number of benzene rings is 1. The number of sulfone groups is 1. The molecule has 0 saturated carbocycles. The second-order valence-corrected chi connectivity index (χ2v) is 10.7. The van der Waals surface area contributed by atoms with Crippen molar-refractivity contribution in [2.45, 2.75) is 44.4 Å². The maximum Gasteiger partial charge on any atom is 0.191 e. The van der Waals surface area contributed by atoms with E-state index < -0.39 is 14.6 Å². The third-order valence-electron chi connectivity index (χ3n) is 4.76. The maximum atomic E-state index is 13.5. The quantitative estimate of drug-likeness (QED) is 0.351. The summed E-state index contributed by atoms with van der Waals surface area (Å²) >= 11 is 0. The van der Waals surface area contributed by atoms with E-state index in [1.165, 1.54) is 6.07 Å². The van der Waals surface area contributed by atoms with E-state index in [-0.39, 0.29) is 41.6 Å². The molecule has 6 nitrogen and oxygen atoms in total. The maximum absolute atomic E-state index is 13.5. The average molecular weight is 526 g/mol. The second kappa shape index (κ2) is 10.6. The zero-order valence-electron chi connectivity index (χ0n) is 17.0. The molecule has 1 saturated heterocycles. The van der Waals surface area contributed by atoms with E-state index in [4.69, 9.17) is 0 Å². The number of nitrogens with one attached hydrogen (secondary N) is 2. The van der Waals surface area contributed by atoms with Gasteiger partial charge in [-0.15, -0.1) is 24.0 Å². The van der Waals surface area contributed by atoms with Gasteiger partial charge in [-0.3, -0.25) is 4.99 Å². The Morgan fingerprint density at radius 1 is 1.36 bits per heavy atom. The van der Waals surface area contributed by atoms with E-state index in [9.17, 15) is 12.8 Å². The summed E-state index contributed by atoms with van der Waals surface area (Å²) < 4.78 is 37.1. The van der Waals surface area contributed by atoms with Crippen LogP contribution in [0.4, 0.5) is 10.1 Å². The molecule has 28 heavy (non-hydrogen) atoms. The summed E-state index contributed by atoms with van der Waals surface area (Å²) in [6, 6.07) is 6.79. The summed E-state index contributed by atoms with van der Waals surface area (Å²) in [4.78, 5) is 6.35. The third-order valence-corrected chi connectivity index (χ3v) is 7.36. The normalized spacial score (nSPS) is 18.4. The number of piperidine rings is 1. The summed E-state index contributed by atoms with van der Waals surface area (Å²) in [5.74, 6) is 0.405. The highest BCUT2D eigenvalue weighted by atomic mass is 127. The van der Waals surface area contributed by atoms with Gasteiger partial charge in [-0.2, -0.15) is 0 Å². The Kier molecular flexibility index (Phi) is 9.45. The lowest BCUT2D eigenvalue weighted by molar-refractivity contribution is 0.468. The molecule has 1 aromatic carbocycles. The Bertz CT molecular complexity index is 765. The zero-order chi connectivity index (χ0) is 20.1. The molecule has 160 valence electrons. The van der Waals surface area contributed by atoms with Crippen molar-refractivity contribution < 1.29 is 12.8 Å². The van der Waals surface area contributed by atoms with Gasteiger partial charge in [0, 0.05) is 38.4 Å². The smallest absolute Gasteiger partial charge is 0.191 e. The first-order valence-electron chi connectivity index (χ1n) is 9.32. The van der Waals surface area contributed by atoms with Crippen molar-refractivity contribution >= 4 is 45.5 Å². The highest BCUT2D eigenvalue weighted by Crippen LogP contribution is 2.20. The fourth-order valence-corrected chi connectivity index (χ4v) is 3.98. The van der Waals surface area contributed by atoms with Gasteiger partial charge in [0.2, 0.25) is 0 Å². The predicted molar refractivity (Wildman–Crippen MR) is 125 cm³/mol. The Labute approximate surface area is 185 Å². The van der Waals surface area contributed by atoms with Gasteiger partial charge in [0.05, 0.1) is 10.5 Å². The zero-order valence-corrected chi connectivity index (χ0v) is 20.2. The Hall–Kier alpha value is -1.10. The van der Waals surface area contributed by atoms with Gasteiger partial charge in [0.15, 0.2) is 15.8 Å². The molecule has 0 bridgehead atoms. The highest BCUT2D eigenvalue weighted by Gasteiger charge is 2.28. The number of nitrogens with zero attached hydrogens (tertiary/aromatic N) is 2. The SMILES string of the molecule is CN=C(NCCS(=O)(=O)C(C)(C)C)NC1CCCN(c2cccc(F)c2)C1.I. The number of hydrogen-bond donors (Lipinski definition) is 2. The van der Waals surface area contributed by atoms with Crippen molar-refractivity contribution in [1.29, 1.82) is 0 Å². The molecule has 1 aromatic rings. The molecule has 1 fully saturated rings. The van der Waals surface area contributed by atoms with Crippen molar-refractivity contribution in [3.63, 3.8) is 0 Å². The van der Waals surface area contributed by atoms with Gasteiger partial charge >= 0.3 is 0 Å². The second-order valence-electron chi connectivity index (χ2n) is 7.84. The summed E-state index contributed by atoms with van der Waals surface area (Å²) in [5.41, 5.74) is 0.876. The first-order valence-corrected chi connectivity index (χ1v) is 11.0. The molecular formula is C19H32FIN4O2S. The molecule has 0 aromatic heterocycles. The van der Waals surface area contributed by atoms with Gasteiger partial charge in [-0.1, -0.05) is 6.07 Å². The topological polar surface area (TPSA) is 73.8 Å². The first kappa shape index (κ1) is 24.9. The minimum absolute atomic E-state index is 0. The predicted octanol–water partition coefficient (Wildman–Crippen LogP) is 2.79. The van der Waals surface area contributed by atoms with Gasteiger partial charge in [-0.05, 0) is 51.8 Å². The van der Waals surface area contributed by atoms with Gasteiger partial charge < -0.3 is 15.5 Å². The van der Waals surface area contributed by atoms with E-state index in [0.717, 1.165) is 31.6 Å². The lowest BCUT2D eigenvalue weighted by Crippen LogP contribution is -2.52. The molecule has 1 unspecified atom stereocenters. The number of aliphatic imine (C=N–C) groups is 1. The van der Waals surface area contributed by atoms with Crippen LogP contribution in [0, 0.1) is 5.82 Å². The molecule has 0 aliphatic carbocycles. The standard InChI is InChI=1S/C19H31FN4O2S.HI/c1-19(2,3)27(25,26)12-10-22-18(21-4)23-16-8-6-11-24(14-16)17-9-5-7-15(20)13-17;/h5,7,9,13,16H,6,8,10-12,14H2,1-4H3,(H2,21,22,23);1H. The fourth-order valence-electron chi connectivity index (χ4n) is 3.00. The summed E-state index contributed by atoms with van der Waals surface area (Å²) in [7, 11) is -1.51. The van der Waals surface area contributed by atoms with Gasteiger partial charge in [0.25, 0.3) is 0 Å². The third kappa shape index (κ3) is 7.06. The average Bonchev–Trinajstić information content (AvgIpc) is 2.60.